The van der Waals surface area contributed by atoms with Gasteiger partial charge >= 0.3 is 5.97 Å². The van der Waals surface area contributed by atoms with Gasteiger partial charge in [-0.05, 0) is 18.2 Å². The Balaban J connectivity index is 2.64. The molecule has 0 amide bonds. The molecule has 1 heterocycles. The Hall–Kier alpha value is -1.94. The van der Waals surface area contributed by atoms with Gasteiger partial charge in [0.25, 0.3) is 0 Å². The summed E-state index contributed by atoms with van der Waals surface area (Å²) in [6, 6.07) is 6.68. The highest BCUT2D eigenvalue weighted by Crippen LogP contribution is 2.28. The highest BCUT2D eigenvalue weighted by molar-refractivity contribution is 6.34. The number of rotatable bonds is 2. The molecule has 0 aliphatic carbocycles. The third-order valence-corrected chi connectivity index (χ3v) is 2.52. The third-order valence-electron chi connectivity index (χ3n) is 2.21. The molecule has 2 aromatic rings. The molecule has 1 aromatic carbocycles. The van der Waals surface area contributed by atoms with Gasteiger partial charge in [-0.3, -0.25) is 0 Å². The molecular formula is C12H9ClN2O2. The summed E-state index contributed by atoms with van der Waals surface area (Å²) in [5.41, 5.74) is 0.841. The van der Waals surface area contributed by atoms with Crippen LogP contribution in [0.5, 0.6) is 0 Å². The average molecular weight is 249 g/mol. The second-order valence-electron chi connectivity index (χ2n) is 3.23. The molecule has 1 aromatic heterocycles. The first-order chi connectivity index (χ1) is 8.24. The molecule has 0 fully saturated rings. The molecule has 0 saturated carbocycles. The van der Waals surface area contributed by atoms with Crippen LogP contribution in [0.15, 0.2) is 36.7 Å². The summed E-state index contributed by atoms with van der Waals surface area (Å²) in [6.07, 6.45) is 3.18. The summed E-state index contributed by atoms with van der Waals surface area (Å²) in [4.78, 5) is 19.8. The number of esters is 1. The Bertz CT molecular complexity index is 543. The number of ether oxygens (including phenoxy) is 1. The molecule has 0 aliphatic rings. The van der Waals surface area contributed by atoms with Crippen molar-refractivity contribution in [2.45, 2.75) is 0 Å². The maximum Gasteiger partial charge on any atom is 0.338 e. The SMILES string of the molecule is COC(=O)c1cccc(Cl)c1-c1ncccn1. The van der Waals surface area contributed by atoms with E-state index in [1.165, 1.54) is 7.11 Å². The van der Waals surface area contributed by atoms with Crippen LogP contribution in [0.1, 0.15) is 10.4 Å². The standard InChI is InChI=1S/C12H9ClN2O2/c1-17-12(16)8-4-2-5-9(13)10(8)11-14-6-3-7-15-11/h2-7H,1H3. The van der Waals surface area contributed by atoms with Gasteiger partial charge in [-0.25, -0.2) is 14.8 Å². The molecule has 0 saturated heterocycles. The van der Waals surface area contributed by atoms with Gasteiger partial charge in [0.05, 0.1) is 23.3 Å². The molecule has 0 spiro atoms. The molecule has 17 heavy (non-hydrogen) atoms. The van der Waals surface area contributed by atoms with Crippen LogP contribution >= 0.6 is 11.6 Å². The molecule has 0 bridgehead atoms. The Morgan fingerprint density at radius 3 is 2.59 bits per heavy atom. The van der Waals surface area contributed by atoms with Crippen molar-refractivity contribution in [1.82, 2.24) is 9.97 Å². The fourth-order valence-electron chi connectivity index (χ4n) is 1.46. The number of nitrogens with zero attached hydrogens (tertiary/aromatic N) is 2. The lowest BCUT2D eigenvalue weighted by Gasteiger charge is -2.08. The maximum absolute atomic E-state index is 11.6. The monoisotopic (exact) mass is 248 g/mol. The second kappa shape index (κ2) is 4.93. The summed E-state index contributed by atoms with van der Waals surface area (Å²) in [6.45, 7) is 0. The van der Waals surface area contributed by atoms with Gasteiger partial charge in [-0.2, -0.15) is 0 Å². The molecule has 0 unspecified atom stereocenters. The van der Waals surface area contributed by atoms with E-state index in [1.54, 1.807) is 36.7 Å². The Morgan fingerprint density at radius 2 is 1.94 bits per heavy atom. The van der Waals surface area contributed by atoms with Gasteiger partial charge < -0.3 is 4.74 Å². The van der Waals surface area contributed by atoms with E-state index in [0.717, 1.165) is 0 Å². The number of carbonyl (C=O) groups excluding carboxylic acids is 1. The zero-order chi connectivity index (χ0) is 12.3. The van der Waals surface area contributed by atoms with Gasteiger partial charge in [0.2, 0.25) is 0 Å². The maximum atomic E-state index is 11.6. The predicted octanol–water partition coefficient (Wildman–Crippen LogP) is 2.58. The number of methoxy groups -OCH3 is 1. The lowest BCUT2D eigenvalue weighted by atomic mass is 10.1. The van der Waals surface area contributed by atoms with Gasteiger partial charge in [-0.1, -0.05) is 17.7 Å². The first kappa shape index (κ1) is 11.5. The van der Waals surface area contributed by atoms with E-state index in [4.69, 9.17) is 16.3 Å². The van der Waals surface area contributed by atoms with Crippen LogP contribution in [0, 0.1) is 0 Å². The lowest BCUT2D eigenvalue weighted by molar-refractivity contribution is 0.0601. The minimum Gasteiger partial charge on any atom is -0.465 e. The largest absolute Gasteiger partial charge is 0.465 e. The van der Waals surface area contributed by atoms with E-state index in [-0.39, 0.29) is 0 Å². The first-order valence-corrected chi connectivity index (χ1v) is 5.26. The van der Waals surface area contributed by atoms with Crippen molar-refractivity contribution in [2.24, 2.45) is 0 Å². The summed E-state index contributed by atoms with van der Waals surface area (Å²) in [5.74, 6) is -0.0616. The van der Waals surface area contributed by atoms with Crippen LogP contribution < -0.4 is 0 Å². The zero-order valence-corrected chi connectivity index (χ0v) is 9.81. The van der Waals surface area contributed by atoms with Crippen molar-refractivity contribution in [3.63, 3.8) is 0 Å². The second-order valence-corrected chi connectivity index (χ2v) is 3.63. The summed E-state index contributed by atoms with van der Waals surface area (Å²) in [5, 5.41) is 0.416. The van der Waals surface area contributed by atoms with Crippen LogP contribution in [0.2, 0.25) is 5.02 Å². The molecule has 0 N–H and O–H groups in total. The summed E-state index contributed by atoms with van der Waals surface area (Å²) >= 11 is 6.08. The number of benzene rings is 1. The van der Waals surface area contributed by atoms with Crippen LogP contribution in [-0.4, -0.2) is 23.0 Å². The molecule has 2 rings (SSSR count). The normalized spacial score (nSPS) is 10.0. The van der Waals surface area contributed by atoms with E-state index in [1.807, 2.05) is 0 Å². The number of carbonyl (C=O) groups is 1. The van der Waals surface area contributed by atoms with Crippen molar-refractivity contribution in [3.05, 3.63) is 47.2 Å². The van der Waals surface area contributed by atoms with Crippen LogP contribution in [0.3, 0.4) is 0 Å². The minimum atomic E-state index is -0.463. The average Bonchev–Trinajstić information content (AvgIpc) is 2.38. The zero-order valence-electron chi connectivity index (χ0n) is 9.05. The quantitative estimate of drug-likeness (QED) is 0.767. The van der Waals surface area contributed by atoms with Gasteiger partial charge in [0, 0.05) is 12.4 Å². The Morgan fingerprint density at radius 1 is 1.24 bits per heavy atom. The molecule has 5 heteroatoms. The number of halogens is 1. The summed E-state index contributed by atoms with van der Waals surface area (Å²) < 4.78 is 4.70. The fourth-order valence-corrected chi connectivity index (χ4v) is 1.72. The van der Waals surface area contributed by atoms with E-state index in [0.29, 0.717) is 22.0 Å². The van der Waals surface area contributed by atoms with Crippen LogP contribution in [-0.2, 0) is 4.74 Å². The molecular weight excluding hydrogens is 240 g/mol. The fraction of sp³-hybridized carbons (Fsp3) is 0.0833. The number of hydrogen-bond acceptors (Lipinski definition) is 4. The Labute approximate surface area is 103 Å². The van der Waals surface area contributed by atoms with Crippen molar-refractivity contribution < 1.29 is 9.53 Å². The van der Waals surface area contributed by atoms with Crippen LogP contribution in [0.4, 0.5) is 0 Å². The molecule has 4 nitrogen and oxygen atoms in total. The number of aromatic nitrogens is 2. The minimum absolute atomic E-state index is 0.353. The molecule has 0 radical (unpaired) electrons. The molecule has 0 aliphatic heterocycles. The molecule has 86 valence electrons. The smallest absolute Gasteiger partial charge is 0.338 e. The number of hydrogen-bond donors (Lipinski definition) is 0. The van der Waals surface area contributed by atoms with Crippen molar-refractivity contribution in [2.75, 3.05) is 7.11 Å². The summed E-state index contributed by atoms with van der Waals surface area (Å²) in [7, 11) is 1.32. The van der Waals surface area contributed by atoms with Gasteiger partial charge in [0.15, 0.2) is 5.82 Å². The van der Waals surface area contributed by atoms with E-state index < -0.39 is 5.97 Å². The van der Waals surface area contributed by atoms with E-state index in [9.17, 15) is 4.79 Å². The topological polar surface area (TPSA) is 52.1 Å². The van der Waals surface area contributed by atoms with Crippen LogP contribution in [0.25, 0.3) is 11.4 Å². The van der Waals surface area contributed by atoms with E-state index in [2.05, 4.69) is 9.97 Å². The highest BCUT2D eigenvalue weighted by atomic mass is 35.5. The highest BCUT2D eigenvalue weighted by Gasteiger charge is 2.17. The predicted molar refractivity (Wildman–Crippen MR) is 63.8 cm³/mol. The lowest BCUT2D eigenvalue weighted by Crippen LogP contribution is -2.05. The van der Waals surface area contributed by atoms with Crippen molar-refractivity contribution >= 4 is 17.6 Å². The van der Waals surface area contributed by atoms with Gasteiger partial charge in [-0.15, -0.1) is 0 Å². The third kappa shape index (κ3) is 2.26. The van der Waals surface area contributed by atoms with E-state index >= 15 is 0 Å². The molecule has 0 atom stereocenters. The van der Waals surface area contributed by atoms with Gasteiger partial charge in [0.1, 0.15) is 0 Å². The van der Waals surface area contributed by atoms with Crippen molar-refractivity contribution in [3.8, 4) is 11.4 Å². The van der Waals surface area contributed by atoms with Crippen molar-refractivity contribution in [1.29, 1.82) is 0 Å². The first-order valence-electron chi connectivity index (χ1n) is 4.88. The Kier molecular flexibility index (Phi) is 3.35.